The zero-order valence-corrected chi connectivity index (χ0v) is 10.9. The number of ether oxygens (including phenoxy) is 1. The maximum atomic E-state index is 5.92. The van der Waals surface area contributed by atoms with E-state index in [-0.39, 0.29) is 0 Å². The maximum Gasteiger partial charge on any atom is 0.228 e. The van der Waals surface area contributed by atoms with Crippen LogP contribution in [0.25, 0.3) is 0 Å². The van der Waals surface area contributed by atoms with E-state index >= 15 is 0 Å². The highest BCUT2D eigenvalue weighted by molar-refractivity contribution is 6.18. The summed E-state index contributed by atoms with van der Waals surface area (Å²) in [7, 11) is 0. The fraction of sp³-hybridized carbons (Fsp3) is 0.667. The SMILES string of the molecule is CCOc1ccnc(N2CCCC(CCl)C2)n1. The Morgan fingerprint density at radius 3 is 3.24 bits per heavy atom. The molecule has 1 aliphatic heterocycles. The first-order valence-corrected chi connectivity index (χ1v) is 6.63. The van der Waals surface area contributed by atoms with Gasteiger partial charge in [-0.1, -0.05) is 0 Å². The number of halogens is 1. The molecule has 0 aromatic carbocycles. The monoisotopic (exact) mass is 255 g/mol. The molecule has 94 valence electrons. The second-order valence-electron chi connectivity index (χ2n) is 4.24. The fourth-order valence-corrected chi connectivity index (χ4v) is 2.34. The van der Waals surface area contributed by atoms with Crippen molar-refractivity contribution in [3.8, 4) is 5.88 Å². The number of aromatic nitrogens is 2. The van der Waals surface area contributed by atoms with Crippen molar-refractivity contribution in [2.45, 2.75) is 19.8 Å². The molecule has 1 aromatic rings. The Hall–Kier alpha value is -1.03. The van der Waals surface area contributed by atoms with E-state index in [4.69, 9.17) is 16.3 Å². The molecule has 0 aliphatic carbocycles. The van der Waals surface area contributed by atoms with Gasteiger partial charge in [0.15, 0.2) is 0 Å². The van der Waals surface area contributed by atoms with Crippen LogP contribution in [0, 0.1) is 5.92 Å². The molecule has 0 amide bonds. The van der Waals surface area contributed by atoms with Crippen molar-refractivity contribution in [2.24, 2.45) is 5.92 Å². The van der Waals surface area contributed by atoms with Gasteiger partial charge < -0.3 is 9.64 Å². The summed E-state index contributed by atoms with van der Waals surface area (Å²) in [6.07, 6.45) is 4.10. The number of hydrogen-bond acceptors (Lipinski definition) is 4. The summed E-state index contributed by atoms with van der Waals surface area (Å²) >= 11 is 5.92. The molecule has 0 saturated carbocycles. The average Bonchev–Trinajstić information content (AvgIpc) is 2.40. The van der Waals surface area contributed by atoms with E-state index in [0.717, 1.165) is 25.5 Å². The standard InChI is InChI=1S/C12H18ClN3O/c1-2-17-11-5-6-14-12(15-11)16-7-3-4-10(8-13)9-16/h5-6,10H,2-4,7-9H2,1H3. The van der Waals surface area contributed by atoms with E-state index in [1.165, 1.54) is 6.42 Å². The van der Waals surface area contributed by atoms with Gasteiger partial charge in [0.05, 0.1) is 6.61 Å². The zero-order valence-electron chi connectivity index (χ0n) is 10.1. The zero-order chi connectivity index (χ0) is 12.1. The van der Waals surface area contributed by atoms with Crippen LogP contribution in [0.2, 0.25) is 0 Å². The lowest BCUT2D eigenvalue weighted by molar-refractivity contribution is 0.325. The van der Waals surface area contributed by atoms with Crippen LogP contribution in [0.1, 0.15) is 19.8 Å². The van der Waals surface area contributed by atoms with Crippen molar-refractivity contribution in [1.29, 1.82) is 0 Å². The summed E-state index contributed by atoms with van der Waals surface area (Å²) in [5.41, 5.74) is 0. The van der Waals surface area contributed by atoms with Crippen LogP contribution in [0.5, 0.6) is 5.88 Å². The molecular weight excluding hydrogens is 238 g/mol. The summed E-state index contributed by atoms with van der Waals surface area (Å²) in [5.74, 6) is 2.66. The predicted octanol–water partition coefficient (Wildman–Crippen LogP) is 2.33. The van der Waals surface area contributed by atoms with Crippen LogP contribution in [0.3, 0.4) is 0 Å². The molecule has 1 fully saturated rings. The first-order valence-electron chi connectivity index (χ1n) is 6.10. The molecule has 0 spiro atoms. The average molecular weight is 256 g/mol. The van der Waals surface area contributed by atoms with E-state index in [1.54, 1.807) is 12.3 Å². The first-order chi connectivity index (χ1) is 8.33. The number of nitrogens with zero attached hydrogens (tertiary/aromatic N) is 3. The van der Waals surface area contributed by atoms with Gasteiger partial charge in [0.25, 0.3) is 0 Å². The summed E-state index contributed by atoms with van der Waals surface area (Å²) in [6, 6.07) is 1.79. The van der Waals surface area contributed by atoms with E-state index < -0.39 is 0 Å². The molecule has 0 N–H and O–H groups in total. The summed E-state index contributed by atoms with van der Waals surface area (Å²) in [6.45, 7) is 4.52. The van der Waals surface area contributed by atoms with E-state index in [2.05, 4.69) is 14.9 Å². The molecule has 0 bridgehead atoms. The molecule has 2 heterocycles. The molecule has 1 atom stereocenters. The van der Waals surface area contributed by atoms with Gasteiger partial charge in [-0.3, -0.25) is 0 Å². The molecule has 4 nitrogen and oxygen atoms in total. The number of rotatable bonds is 4. The van der Waals surface area contributed by atoms with Gasteiger partial charge >= 0.3 is 0 Å². The Balaban J connectivity index is 2.07. The Morgan fingerprint density at radius 1 is 1.59 bits per heavy atom. The topological polar surface area (TPSA) is 38.2 Å². The third-order valence-corrected chi connectivity index (χ3v) is 3.37. The van der Waals surface area contributed by atoms with Gasteiger partial charge in [-0.25, -0.2) is 4.98 Å². The van der Waals surface area contributed by atoms with Crippen LogP contribution in [-0.2, 0) is 0 Å². The quantitative estimate of drug-likeness (QED) is 0.774. The smallest absolute Gasteiger partial charge is 0.228 e. The van der Waals surface area contributed by atoms with Gasteiger partial charge in [0.1, 0.15) is 0 Å². The number of piperidine rings is 1. The molecule has 1 aromatic heterocycles. The van der Waals surface area contributed by atoms with Crippen molar-refractivity contribution < 1.29 is 4.74 Å². The Bertz CT molecular complexity index is 361. The number of alkyl halides is 1. The van der Waals surface area contributed by atoms with Crippen molar-refractivity contribution in [3.63, 3.8) is 0 Å². The molecule has 2 rings (SSSR count). The third kappa shape index (κ3) is 3.22. The minimum atomic E-state index is 0.546. The Labute approximate surface area is 107 Å². The third-order valence-electron chi connectivity index (χ3n) is 2.93. The molecule has 1 aliphatic rings. The summed E-state index contributed by atoms with van der Waals surface area (Å²) < 4.78 is 5.39. The van der Waals surface area contributed by atoms with E-state index in [1.807, 2.05) is 6.92 Å². The second kappa shape index (κ2) is 6.05. The van der Waals surface area contributed by atoms with Gasteiger partial charge in [0.2, 0.25) is 11.8 Å². The number of hydrogen-bond donors (Lipinski definition) is 0. The molecule has 0 radical (unpaired) electrons. The van der Waals surface area contributed by atoms with Crippen LogP contribution in [0.15, 0.2) is 12.3 Å². The Morgan fingerprint density at radius 2 is 2.47 bits per heavy atom. The largest absolute Gasteiger partial charge is 0.478 e. The van der Waals surface area contributed by atoms with Crippen LogP contribution in [-0.4, -0.2) is 35.5 Å². The van der Waals surface area contributed by atoms with Crippen molar-refractivity contribution in [3.05, 3.63) is 12.3 Å². The fourth-order valence-electron chi connectivity index (χ4n) is 2.09. The summed E-state index contributed by atoms with van der Waals surface area (Å²) in [4.78, 5) is 10.9. The highest BCUT2D eigenvalue weighted by atomic mass is 35.5. The Kier molecular flexibility index (Phi) is 4.42. The summed E-state index contributed by atoms with van der Waals surface area (Å²) in [5, 5.41) is 0. The molecule has 5 heteroatoms. The molecular formula is C12H18ClN3O. The van der Waals surface area contributed by atoms with Gasteiger partial charge in [-0.15, -0.1) is 11.6 Å². The highest BCUT2D eigenvalue weighted by Gasteiger charge is 2.21. The van der Waals surface area contributed by atoms with Crippen molar-refractivity contribution >= 4 is 17.5 Å². The minimum Gasteiger partial charge on any atom is -0.478 e. The highest BCUT2D eigenvalue weighted by Crippen LogP contribution is 2.22. The maximum absolute atomic E-state index is 5.92. The van der Waals surface area contributed by atoms with Crippen LogP contribution >= 0.6 is 11.6 Å². The van der Waals surface area contributed by atoms with Gasteiger partial charge in [-0.2, -0.15) is 4.98 Å². The molecule has 17 heavy (non-hydrogen) atoms. The lowest BCUT2D eigenvalue weighted by Gasteiger charge is -2.31. The lowest BCUT2D eigenvalue weighted by Crippen LogP contribution is -2.37. The van der Waals surface area contributed by atoms with Crippen molar-refractivity contribution in [1.82, 2.24) is 9.97 Å². The van der Waals surface area contributed by atoms with E-state index in [9.17, 15) is 0 Å². The molecule has 1 saturated heterocycles. The van der Waals surface area contributed by atoms with Gasteiger partial charge in [-0.05, 0) is 25.7 Å². The second-order valence-corrected chi connectivity index (χ2v) is 4.55. The van der Waals surface area contributed by atoms with Crippen molar-refractivity contribution in [2.75, 3.05) is 30.5 Å². The normalized spacial score (nSPS) is 20.4. The van der Waals surface area contributed by atoms with Crippen LogP contribution < -0.4 is 9.64 Å². The predicted molar refractivity (Wildman–Crippen MR) is 68.9 cm³/mol. The van der Waals surface area contributed by atoms with E-state index in [0.29, 0.717) is 24.3 Å². The lowest BCUT2D eigenvalue weighted by atomic mass is 10.0. The number of anilines is 1. The molecule has 1 unspecified atom stereocenters. The van der Waals surface area contributed by atoms with Gasteiger partial charge in [0, 0.05) is 31.2 Å². The first kappa shape index (κ1) is 12.4. The minimum absolute atomic E-state index is 0.546. The van der Waals surface area contributed by atoms with Crippen LogP contribution in [0.4, 0.5) is 5.95 Å².